The Morgan fingerprint density at radius 1 is 1.00 bits per heavy atom. The Balaban J connectivity index is 1.75. The second-order valence-corrected chi connectivity index (χ2v) is 12.4. The number of hydrogen-bond donors (Lipinski definition) is 0. The van der Waals surface area contributed by atoms with Gasteiger partial charge in [0.1, 0.15) is 17.5 Å². The Morgan fingerprint density at radius 2 is 1.74 bits per heavy atom. The summed E-state index contributed by atoms with van der Waals surface area (Å²) in [4.78, 5) is 1.36. The molecule has 0 fully saturated rings. The van der Waals surface area contributed by atoms with Crippen LogP contribution in [0.25, 0.3) is 26.9 Å². The molecule has 1 unspecified atom stereocenters. The van der Waals surface area contributed by atoms with Crippen molar-refractivity contribution in [2.45, 2.75) is 91.4 Å². The number of hydrogen-bond acceptors (Lipinski definition) is 0. The molecule has 2 heteroatoms. The summed E-state index contributed by atoms with van der Waals surface area (Å²) >= 11 is 1.98. The number of thiophene rings is 1. The zero-order chi connectivity index (χ0) is 27.0. The second-order valence-electron chi connectivity index (χ2n) is 11.4. The molecule has 0 amide bonds. The first-order valence-corrected chi connectivity index (χ1v) is 15.4. The third kappa shape index (κ3) is 4.31. The normalized spacial score (nSPS) is 14.5. The standard InChI is InChI=1S/C36H43NS/c1-8-12-16-25(9-2)27-19-15-20-29-30-21-22-37(7)33(35(30)38-34(27)29)31-23-32(36(6,10-3)11-4)28-18-14-13-17-26(28)24(31)5/h13-15,17-23,25H,7-12,16H2,1-6H3. The topological polar surface area (TPSA) is 3.01 Å². The van der Waals surface area contributed by atoms with Crippen LogP contribution in [0.15, 0.2) is 54.7 Å². The lowest BCUT2D eigenvalue weighted by molar-refractivity contribution is -0.417. The number of unbranched alkanes of at least 4 members (excludes halogenated alkanes) is 1. The fraction of sp³-hybridized carbons (Fsp3) is 0.389. The third-order valence-corrected chi connectivity index (χ3v) is 10.6. The molecule has 0 aliphatic carbocycles. The highest BCUT2D eigenvalue weighted by atomic mass is 32.1. The van der Waals surface area contributed by atoms with Crippen LogP contribution in [0.3, 0.4) is 0 Å². The molecule has 0 saturated heterocycles. The van der Waals surface area contributed by atoms with E-state index in [9.17, 15) is 0 Å². The van der Waals surface area contributed by atoms with E-state index in [4.69, 9.17) is 0 Å². The predicted molar refractivity (Wildman–Crippen MR) is 169 cm³/mol. The second kappa shape index (κ2) is 10.7. The molecular weight excluding hydrogens is 478 g/mol. The molecule has 0 N–H and O–H groups in total. The van der Waals surface area contributed by atoms with Gasteiger partial charge in [0.05, 0.1) is 6.72 Å². The summed E-state index contributed by atoms with van der Waals surface area (Å²) in [5.41, 5.74) is 7.14. The molecule has 198 valence electrons. The Morgan fingerprint density at radius 3 is 2.42 bits per heavy atom. The molecule has 1 atom stereocenters. The summed E-state index contributed by atoms with van der Waals surface area (Å²) in [6, 6.07) is 19.7. The van der Waals surface area contributed by atoms with E-state index in [1.807, 2.05) is 11.3 Å². The van der Waals surface area contributed by atoms with Crippen molar-refractivity contribution in [1.82, 2.24) is 0 Å². The molecule has 38 heavy (non-hydrogen) atoms. The smallest absolute Gasteiger partial charge is 0.197 e. The molecule has 0 spiro atoms. The van der Waals surface area contributed by atoms with E-state index in [0.29, 0.717) is 5.92 Å². The van der Waals surface area contributed by atoms with Gasteiger partial charge < -0.3 is 0 Å². The van der Waals surface area contributed by atoms with E-state index in [0.717, 1.165) is 12.8 Å². The molecule has 4 aromatic rings. The lowest BCUT2D eigenvalue weighted by atomic mass is 9.74. The van der Waals surface area contributed by atoms with Gasteiger partial charge in [0.2, 0.25) is 0 Å². The van der Waals surface area contributed by atoms with Crippen LogP contribution in [0.2, 0.25) is 0 Å². The van der Waals surface area contributed by atoms with Crippen molar-refractivity contribution in [1.29, 1.82) is 0 Å². The highest BCUT2D eigenvalue weighted by Gasteiger charge is 2.35. The molecule has 1 aromatic heterocycles. The third-order valence-electron chi connectivity index (χ3n) is 9.33. The van der Waals surface area contributed by atoms with E-state index < -0.39 is 0 Å². The van der Waals surface area contributed by atoms with Crippen molar-refractivity contribution in [3.8, 4) is 0 Å². The Labute approximate surface area is 233 Å². The van der Waals surface area contributed by atoms with Gasteiger partial charge in [-0.25, -0.2) is 0 Å². The monoisotopic (exact) mass is 521 g/mol. The molecule has 5 rings (SSSR count). The Bertz CT molecular complexity index is 1510. The van der Waals surface area contributed by atoms with Gasteiger partial charge in [0, 0.05) is 0 Å². The first-order chi connectivity index (χ1) is 18.4. The largest absolute Gasteiger partial charge is 0.257 e. The fourth-order valence-electron chi connectivity index (χ4n) is 6.40. The van der Waals surface area contributed by atoms with Crippen LogP contribution in [0.5, 0.6) is 0 Å². The maximum atomic E-state index is 4.51. The Hall–Kier alpha value is -2.84. The van der Waals surface area contributed by atoms with Crippen LogP contribution in [0.1, 0.15) is 112 Å². The predicted octanol–water partition coefficient (Wildman–Crippen LogP) is 10.8. The first kappa shape index (κ1) is 26.8. The number of fused-ring (bicyclic) bond motifs is 4. The zero-order valence-electron chi connectivity index (χ0n) is 24.2. The molecule has 3 aromatic carbocycles. The fourth-order valence-corrected chi connectivity index (χ4v) is 7.85. The zero-order valence-corrected chi connectivity index (χ0v) is 25.0. The van der Waals surface area contributed by atoms with Crippen molar-refractivity contribution in [3.05, 3.63) is 93.5 Å². The van der Waals surface area contributed by atoms with Crippen molar-refractivity contribution in [3.63, 3.8) is 0 Å². The van der Waals surface area contributed by atoms with E-state index in [-0.39, 0.29) is 5.41 Å². The maximum absolute atomic E-state index is 4.51. The maximum Gasteiger partial charge on any atom is 0.197 e. The lowest BCUT2D eigenvalue weighted by Gasteiger charge is -2.33. The van der Waals surface area contributed by atoms with E-state index in [2.05, 4.69) is 114 Å². The minimum absolute atomic E-state index is 0.128. The van der Waals surface area contributed by atoms with Crippen LogP contribution in [0, 0.1) is 13.0 Å². The average molecular weight is 522 g/mol. The van der Waals surface area contributed by atoms with Crippen LogP contribution < -0.4 is 0 Å². The number of rotatable bonds is 9. The minimum atomic E-state index is 0.128. The highest BCUT2D eigenvalue weighted by molar-refractivity contribution is 7.20. The van der Waals surface area contributed by atoms with Gasteiger partial charge in [-0.15, -0.1) is 18.2 Å². The average Bonchev–Trinajstić information content (AvgIpc) is 3.33. The van der Waals surface area contributed by atoms with E-state index in [1.54, 1.807) is 0 Å². The summed E-state index contributed by atoms with van der Waals surface area (Å²) < 4.78 is 3.57. The number of nitrogens with zero attached hydrogens (tertiary/aromatic N) is 1. The van der Waals surface area contributed by atoms with Crippen molar-refractivity contribution < 1.29 is 4.58 Å². The van der Waals surface area contributed by atoms with Crippen molar-refractivity contribution in [2.75, 3.05) is 0 Å². The van der Waals surface area contributed by atoms with E-state index >= 15 is 0 Å². The SMILES string of the molecule is C=[N+]1C=Cc2c([s+][c-]3c(C(CC)CCCC)cccc23)[C-]1c1cc(C(C)(CC)CC)c2ccccc2c1C. The molecule has 0 saturated carbocycles. The van der Waals surface area contributed by atoms with Crippen LogP contribution in [-0.4, -0.2) is 11.3 Å². The summed E-state index contributed by atoms with van der Waals surface area (Å²) in [7, 11) is 0. The lowest BCUT2D eigenvalue weighted by Crippen LogP contribution is -2.23. The minimum Gasteiger partial charge on any atom is -0.257 e. The summed E-state index contributed by atoms with van der Waals surface area (Å²) in [5.74, 6) is 0.617. The molecule has 2 heterocycles. The first-order valence-electron chi connectivity index (χ1n) is 14.6. The highest BCUT2D eigenvalue weighted by Crippen LogP contribution is 2.48. The van der Waals surface area contributed by atoms with E-state index in [1.165, 1.54) is 85.3 Å². The van der Waals surface area contributed by atoms with Crippen LogP contribution in [-0.2, 0) is 5.41 Å². The summed E-state index contributed by atoms with van der Waals surface area (Å²) in [6.45, 7) is 18.5. The molecule has 1 aliphatic heterocycles. The van der Waals surface area contributed by atoms with Crippen LogP contribution >= 0.6 is 11.3 Å². The van der Waals surface area contributed by atoms with Gasteiger partial charge in [-0.3, -0.25) is 4.58 Å². The number of benzene rings is 3. The molecular formula is C36H43NS. The molecule has 1 nitrogen and oxygen atoms in total. The molecule has 0 radical (unpaired) electrons. The Kier molecular flexibility index (Phi) is 7.56. The number of aryl methyl sites for hydroxylation is 1. The van der Waals surface area contributed by atoms with Gasteiger partial charge in [0.25, 0.3) is 0 Å². The summed E-state index contributed by atoms with van der Waals surface area (Å²) in [5, 5.41) is 4.14. The van der Waals surface area contributed by atoms with Crippen LogP contribution in [0.4, 0.5) is 0 Å². The molecule has 1 aliphatic rings. The van der Waals surface area contributed by atoms with Gasteiger partial charge in [-0.1, -0.05) is 108 Å². The van der Waals surface area contributed by atoms with Gasteiger partial charge in [0.15, 0.2) is 15.6 Å². The molecule has 0 bridgehead atoms. The van der Waals surface area contributed by atoms with Crippen molar-refractivity contribution in [2.24, 2.45) is 0 Å². The van der Waals surface area contributed by atoms with Gasteiger partial charge in [-0.05, 0) is 64.1 Å². The van der Waals surface area contributed by atoms with Gasteiger partial charge >= 0.3 is 0 Å². The summed E-state index contributed by atoms with van der Waals surface area (Å²) in [6.07, 6.45) is 11.7. The van der Waals surface area contributed by atoms with Crippen molar-refractivity contribution >= 4 is 45.0 Å². The quantitative estimate of drug-likeness (QED) is 0.117. The van der Waals surface area contributed by atoms with Gasteiger partial charge in [-0.2, -0.15) is 0 Å².